The Morgan fingerprint density at radius 2 is 2.12 bits per heavy atom. The van der Waals surface area contributed by atoms with Crippen LogP contribution < -0.4 is 0 Å². The van der Waals surface area contributed by atoms with Crippen LogP contribution in [-0.4, -0.2) is 40.8 Å². The maximum atomic E-state index is 11.4. The van der Waals surface area contributed by atoms with Gasteiger partial charge in [-0.1, -0.05) is 12.8 Å². The number of nitrogens with zero attached hydrogens (tertiary/aromatic N) is 1. The molecule has 1 aliphatic carbocycles. The zero-order valence-corrected chi connectivity index (χ0v) is 11.3. The van der Waals surface area contributed by atoms with Gasteiger partial charge in [-0.25, -0.2) is 0 Å². The van der Waals surface area contributed by atoms with E-state index in [1.807, 2.05) is 11.8 Å². The number of hydrogen-bond acceptors (Lipinski definition) is 3. The van der Waals surface area contributed by atoms with Gasteiger partial charge in [0.15, 0.2) is 0 Å². The highest BCUT2D eigenvalue weighted by atomic mass is 32.2. The number of carbonyl (C=O) groups is 1. The quantitative estimate of drug-likeness (QED) is 0.758. The second-order valence-electron chi connectivity index (χ2n) is 5.41. The number of thioether (sulfide) groups is 1. The second kappa shape index (κ2) is 5.09. The minimum absolute atomic E-state index is 0.452. The van der Waals surface area contributed by atoms with E-state index in [0.717, 1.165) is 19.4 Å². The fraction of sp³-hybridized carbons (Fsp3) is 0.923. The fourth-order valence-electron chi connectivity index (χ4n) is 3.10. The summed E-state index contributed by atoms with van der Waals surface area (Å²) in [5, 5.41) is 0. The van der Waals surface area contributed by atoms with Crippen molar-refractivity contribution in [1.29, 1.82) is 0 Å². The van der Waals surface area contributed by atoms with Crippen LogP contribution in [-0.2, 0) is 4.79 Å². The van der Waals surface area contributed by atoms with Gasteiger partial charge >= 0.3 is 0 Å². The number of Topliss-reactive ketones (excluding diaryl/α,β-unsaturated/α-hetero) is 1. The molecular weight excluding hydrogens is 218 g/mol. The van der Waals surface area contributed by atoms with Gasteiger partial charge in [0, 0.05) is 36.7 Å². The Kier molecular flexibility index (Phi) is 3.96. The molecule has 2 rings (SSSR count). The number of likely N-dealkylation sites (tertiary alicyclic amines) is 1. The Morgan fingerprint density at radius 3 is 2.69 bits per heavy atom. The van der Waals surface area contributed by atoms with E-state index in [-0.39, 0.29) is 0 Å². The van der Waals surface area contributed by atoms with E-state index in [1.54, 1.807) is 0 Å². The highest BCUT2D eigenvalue weighted by molar-refractivity contribution is 8.00. The summed E-state index contributed by atoms with van der Waals surface area (Å²) in [6.45, 7) is 4.39. The summed E-state index contributed by atoms with van der Waals surface area (Å²) in [5.74, 6) is 0.452. The molecule has 0 radical (unpaired) electrons. The minimum Gasteiger partial charge on any atom is -0.300 e. The van der Waals surface area contributed by atoms with Crippen molar-refractivity contribution in [1.82, 2.24) is 4.90 Å². The molecule has 1 aliphatic heterocycles. The molecule has 0 aromatic rings. The number of rotatable bonds is 3. The van der Waals surface area contributed by atoms with Crippen LogP contribution in [0.4, 0.5) is 0 Å². The summed E-state index contributed by atoms with van der Waals surface area (Å²) in [4.78, 5) is 13.9. The van der Waals surface area contributed by atoms with Crippen LogP contribution in [0.15, 0.2) is 0 Å². The first-order valence-electron chi connectivity index (χ1n) is 6.46. The molecule has 0 amide bonds. The number of ketones is 1. The third kappa shape index (κ3) is 2.62. The molecule has 2 aliphatic rings. The Bertz CT molecular complexity index is 261. The van der Waals surface area contributed by atoms with E-state index in [9.17, 15) is 4.79 Å². The topological polar surface area (TPSA) is 20.3 Å². The van der Waals surface area contributed by atoms with Crippen LogP contribution in [0.2, 0.25) is 0 Å². The van der Waals surface area contributed by atoms with Gasteiger partial charge in [-0.3, -0.25) is 9.69 Å². The molecule has 0 bridgehead atoms. The smallest absolute Gasteiger partial charge is 0.135 e. The molecule has 2 fully saturated rings. The van der Waals surface area contributed by atoms with E-state index in [1.165, 1.54) is 32.2 Å². The molecular formula is C13H23NOS. The highest BCUT2D eigenvalue weighted by Gasteiger charge is 2.37. The van der Waals surface area contributed by atoms with E-state index >= 15 is 0 Å². The number of hydrogen-bond donors (Lipinski definition) is 0. The van der Waals surface area contributed by atoms with Crippen molar-refractivity contribution in [3.63, 3.8) is 0 Å². The summed E-state index contributed by atoms with van der Waals surface area (Å²) in [5.41, 5.74) is 0. The molecule has 1 atom stereocenters. The SMILES string of the molecule is CSC1(CN2CCC(=O)CC2C)CCCC1. The molecule has 3 heteroatoms. The lowest BCUT2D eigenvalue weighted by Crippen LogP contribution is -2.47. The molecule has 1 saturated carbocycles. The Labute approximate surface area is 103 Å². The van der Waals surface area contributed by atoms with Gasteiger partial charge in [-0.05, 0) is 26.0 Å². The predicted molar refractivity (Wildman–Crippen MR) is 70.0 cm³/mol. The average molecular weight is 241 g/mol. The monoisotopic (exact) mass is 241 g/mol. The Hall–Kier alpha value is -0.0200. The van der Waals surface area contributed by atoms with Crippen molar-refractivity contribution in [2.24, 2.45) is 0 Å². The van der Waals surface area contributed by atoms with Crippen molar-refractivity contribution in [3.05, 3.63) is 0 Å². The molecule has 0 spiro atoms. The summed E-state index contributed by atoms with van der Waals surface area (Å²) < 4.78 is 0.495. The standard InChI is InChI=1S/C13H23NOS/c1-11-9-12(15)5-8-14(11)10-13(16-2)6-3-4-7-13/h11H,3-10H2,1-2H3. The van der Waals surface area contributed by atoms with Crippen molar-refractivity contribution < 1.29 is 4.79 Å². The molecule has 1 heterocycles. The van der Waals surface area contributed by atoms with Gasteiger partial charge < -0.3 is 0 Å². The van der Waals surface area contributed by atoms with Gasteiger partial charge in [0.2, 0.25) is 0 Å². The maximum absolute atomic E-state index is 11.4. The van der Waals surface area contributed by atoms with Crippen LogP contribution in [0.25, 0.3) is 0 Å². The largest absolute Gasteiger partial charge is 0.300 e. The van der Waals surface area contributed by atoms with E-state index in [0.29, 0.717) is 16.6 Å². The fourth-order valence-corrected chi connectivity index (χ4v) is 4.09. The second-order valence-corrected chi connectivity index (χ2v) is 6.68. The minimum atomic E-state index is 0.452. The van der Waals surface area contributed by atoms with Gasteiger partial charge in [-0.2, -0.15) is 11.8 Å². The van der Waals surface area contributed by atoms with Gasteiger partial charge in [0.25, 0.3) is 0 Å². The Balaban J connectivity index is 1.95. The zero-order valence-electron chi connectivity index (χ0n) is 10.5. The molecule has 1 unspecified atom stereocenters. The average Bonchev–Trinajstić information content (AvgIpc) is 2.72. The summed E-state index contributed by atoms with van der Waals surface area (Å²) in [7, 11) is 0. The molecule has 92 valence electrons. The first-order chi connectivity index (χ1) is 7.65. The lowest BCUT2D eigenvalue weighted by atomic mass is 9.99. The van der Waals surface area contributed by atoms with Gasteiger partial charge in [0.1, 0.15) is 5.78 Å². The first-order valence-corrected chi connectivity index (χ1v) is 7.69. The van der Waals surface area contributed by atoms with E-state index < -0.39 is 0 Å². The molecule has 16 heavy (non-hydrogen) atoms. The lowest BCUT2D eigenvalue weighted by Gasteiger charge is -2.39. The molecule has 0 N–H and O–H groups in total. The number of carbonyl (C=O) groups excluding carboxylic acids is 1. The third-order valence-corrected chi connectivity index (χ3v) is 5.67. The van der Waals surface area contributed by atoms with Crippen LogP contribution in [0, 0.1) is 0 Å². The van der Waals surface area contributed by atoms with Crippen molar-refractivity contribution in [2.75, 3.05) is 19.3 Å². The van der Waals surface area contributed by atoms with E-state index in [2.05, 4.69) is 18.1 Å². The zero-order chi connectivity index (χ0) is 11.6. The van der Waals surface area contributed by atoms with Crippen LogP contribution in [0.3, 0.4) is 0 Å². The summed E-state index contributed by atoms with van der Waals surface area (Å²) in [6.07, 6.45) is 9.31. The van der Waals surface area contributed by atoms with Crippen LogP contribution >= 0.6 is 11.8 Å². The summed E-state index contributed by atoms with van der Waals surface area (Å²) in [6, 6.07) is 0.464. The number of piperidine rings is 1. The van der Waals surface area contributed by atoms with Gasteiger partial charge in [-0.15, -0.1) is 0 Å². The van der Waals surface area contributed by atoms with E-state index in [4.69, 9.17) is 0 Å². The van der Waals surface area contributed by atoms with Crippen molar-refractivity contribution in [2.45, 2.75) is 56.2 Å². The Morgan fingerprint density at radius 1 is 1.44 bits per heavy atom. The van der Waals surface area contributed by atoms with Gasteiger partial charge in [0.05, 0.1) is 0 Å². The van der Waals surface area contributed by atoms with Crippen LogP contribution in [0.1, 0.15) is 45.4 Å². The van der Waals surface area contributed by atoms with Crippen molar-refractivity contribution in [3.8, 4) is 0 Å². The highest BCUT2D eigenvalue weighted by Crippen LogP contribution is 2.41. The molecule has 1 saturated heterocycles. The molecule has 0 aromatic carbocycles. The predicted octanol–water partition coefficient (Wildman–Crippen LogP) is 2.72. The molecule has 2 nitrogen and oxygen atoms in total. The van der Waals surface area contributed by atoms with Crippen molar-refractivity contribution >= 4 is 17.5 Å². The maximum Gasteiger partial charge on any atom is 0.135 e. The lowest BCUT2D eigenvalue weighted by molar-refractivity contribution is -0.123. The normalized spacial score (nSPS) is 30.9. The molecule has 0 aromatic heterocycles. The summed E-state index contributed by atoms with van der Waals surface area (Å²) >= 11 is 2.05. The first kappa shape index (κ1) is 12.4. The third-order valence-electron chi connectivity index (χ3n) is 4.26. The van der Waals surface area contributed by atoms with Crippen LogP contribution in [0.5, 0.6) is 0 Å².